The lowest BCUT2D eigenvalue weighted by Crippen LogP contribution is -2.32. The number of ether oxygens (including phenoxy) is 1. The summed E-state index contributed by atoms with van der Waals surface area (Å²) in [4.78, 5) is 2.52. The van der Waals surface area contributed by atoms with E-state index in [4.69, 9.17) is 4.74 Å². The molecule has 1 aromatic carbocycles. The number of nitrogens with one attached hydrogen (secondary N) is 1. The molecule has 100 valence electrons. The molecule has 3 nitrogen and oxygen atoms in total. The minimum Gasteiger partial charge on any atom is -0.497 e. The van der Waals surface area contributed by atoms with Crippen LogP contribution in [0.5, 0.6) is 5.75 Å². The summed E-state index contributed by atoms with van der Waals surface area (Å²) >= 11 is 0. The van der Waals surface area contributed by atoms with Gasteiger partial charge in [0.1, 0.15) is 5.75 Å². The van der Waals surface area contributed by atoms with E-state index < -0.39 is 0 Å². The molecule has 1 atom stereocenters. The Labute approximate surface area is 110 Å². The molecule has 0 radical (unpaired) electrons. The molecule has 1 fully saturated rings. The van der Waals surface area contributed by atoms with Crippen molar-refractivity contribution in [1.29, 1.82) is 0 Å². The second-order valence-electron chi connectivity index (χ2n) is 5.03. The summed E-state index contributed by atoms with van der Waals surface area (Å²) in [6, 6.07) is 9.05. The van der Waals surface area contributed by atoms with Gasteiger partial charge in [-0.3, -0.25) is 4.90 Å². The molecule has 1 N–H and O–H groups in total. The lowest BCUT2D eigenvalue weighted by atomic mass is 10.2. The number of rotatable bonds is 6. The number of hydrogen-bond donors (Lipinski definition) is 1. The van der Waals surface area contributed by atoms with Gasteiger partial charge in [-0.05, 0) is 37.1 Å². The Morgan fingerprint density at radius 3 is 3.11 bits per heavy atom. The van der Waals surface area contributed by atoms with Crippen LogP contribution in [0.25, 0.3) is 0 Å². The van der Waals surface area contributed by atoms with Gasteiger partial charge in [0.25, 0.3) is 0 Å². The number of methoxy groups -OCH3 is 1. The molecule has 1 aliphatic rings. The van der Waals surface area contributed by atoms with Crippen molar-refractivity contribution < 1.29 is 4.74 Å². The highest BCUT2D eigenvalue weighted by molar-refractivity contribution is 5.28. The molecule has 1 unspecified atom stereocenters. The SMILES string of the molecule is CCCNC1CCN(Cc2cccc(OC)c2)C1. The van der Waals surface area contributed by atoms with Gasteiger partial charge in [-0.1, -0.05) is 19.1 Å². The molecule has 1 aromatic rings. The summed E-state index contributed by atoms with van der Waals surface area (Å²) in [5, 5.41) is 3.60. The van der Waals surface area contributed by atoms with E-state index in [9.17, 15) is 0 Å². The molecular formula is C15H24N2O. The minimum atomic E-state index is 0.676. The fourth-order valence-electron chi connectivity index (χ4n) is 2.52. The third kappa shape index (κ3) is 3.72. The highest BCUT2D eigenvalue weighted by Crippen LogP contribution is 2.17. The molecule has 1 heterocycles. The first kappa shape index (κ1) is 13.4. The first-order chi connectivity index (χ1) is 8.81. The highest BCUT2D eigenvalue weighted by atomic mass is 16.5. The van der Waals surface area contributed by atoms with Crippen molar-refractivity contribution in [1.82, 2.24) is 10.2 Å². The Morgan fingerprint density at radius 1 is 1.44 bits per heavy atom. The quantitative estimate of drug-likeness (QED) is 0.836. The standard InChI is InChI=1S/C15H24N2O/c1-3-8-16-14-7-9-17(12-14)11-13-5-4-6-15(10-13)18-2/h4-6,10,14,16H,3,7-9,11-12H2,1-2H3. The Hall–Kier alpha value is -1.06. The molecule has 0 aliphatic carbocycles. The average molecular weight is 248 g/mol. The first-order valence-electron chi connectivity index (χ1n) is 6.90. The van der Waals surface area contributed by atoms with Crippen LogP contribution in [0.3, 0.4) is 0 Å². The Bertz CT molecular complexity index is 367. The van der Waals surface area contributed by atoms with Crippen LogP contribution in [0.2, 0.25) is 0 Å². The number of nitrogens with zero attached hydrogens (tertiary/aromatic N) is 1. The second-order valence-corrected chi connectivity index (χ2v) is 5.03. The zero-order valence-corrected chi connectivity index (χ0v) is 11.5. The van der Waals surface area contributed by atoms with Crippen LogP contribution in [0, 0.1) is 0 Å². The Kier molecular flexibility index (Phi) is 5.02. The van der Waals surface area contributed by atoms with Crippen LogP contribution in [0.4, 0.5) is 0 Å². The molecular weight excluding hydrogens is 224 g/mol. The first-order valence-corrected chi connectivity index (χ1v) is 6.90. The van der Waals surface area contributed by atoms with E-state index in [0.717, 1.165) is 25.4 Å². The van der Waals surface area contributed by atoms with Gasteiger partial charge in [-0.15, -0.1) is 0 Å². The fraction of sp³-hybridized carbons (Fsp3) is 0.600. The third-order valence-corrected chi connectivity index (χ3v) is 3.50. The summed E-state index contributed by atoms with van der Waals surface area (Å²) in [6.45, 7) is 6.74. The number of hydrogen-bond acceptors (Lipinski definition) is 3. The van der Waals surface area contributed by atoms with E-state index in [1.54, 1.807) is 7.11 Å². The monoisotopic (exact) mass is 248 g/mol. The highest BCUT2D eigenvalue weighted by Gasteiger charge is 2.21. The van der Waals surface area contributed by atoms with Gasteiger partial charge in [0.15, 0.2) is 0 Å². The van der Waals surface area contributed by atoms with Gasteiger partial charge >= 0.3 is 0 Å². The molecule has 18 heavy (non-hydrogen) atoms. The maximum absolute atomic E-state index is 5.26. The molecule has 1 aliphatic heterocycles. The van der Waals surface area contributed by atoms with Crippen molar-refractivity contribution in [2.75, 3.05) is 26.7 Å². The maximum atomic E-state index is 5.26. The van der Waals surface area contributed by atoms with Crippen molar-refractivity contribution in [2.45, 2.75) is 32.4 Å². The largest absolute Gasteiger partial charge is 0.497 e. The van der Waals surface area contributed by atoms with Gasteiger partial charge in [-0.2, -0.15) is 0 Å². The predicted octanol–water partition coefficient (Wildman–Crippen LogP) is 2.27. The molecule has 0 saturated carbocycles. The van der Waals surface area contributed by atoms with Crippen LogP contribution in [-0.4, -0.2) is 37.7 Å². The van der Waals surface area contributed by atoms with E-state index in [1.807, 2.05) is 6.07 Å². The van der Waals surface area contributed by atoms with E-state index in [-0.39, 0.29) is 0 Å². The molecule has 2 rings (SSSR count). The second kappa shape index (κ2) is 6.76. The van der Waals surface area contributed by atoms with Crippen molar-refractivity contribution in [3.63, 3.8) is 0 Å². The molecule has 0 bridgehead atoms. The Morgan fingerprint density at radius 2 is 2.33 bits per heavy atom. The number of likely N-dealkylation sites (tertiary alicyclic amines) is 1. The van der Waals surface area contributed by atoms with Gasteiger partial charge in [0.05, 0.1) is 7.11 Å². The lowest BCUT2D eigenvalue weighted by molar-refractivity contribution is 0.319. The summed E-state index contributed by atoms with van der Waals surface area (Å²) < 4.78 is 5.26. The Balaban J connectivity index is 1.83. The molecule has 3 heteroatoms. The summed E-state index contributed by atoms with van der Waals surface area (Å²) in [5.41, 5.74) is 1.34. The van der Waals surface area contributed by atoms with Crippen molar-refractivity contribution in [2.24, 2.45) is 0 Å². The molecule has 1 saturated heterocycles. The summed E-state index contributed by atoms with van der Waals surface area (Å²) in [6.07, 6.45) is 2.48. The summed E-state index contributed by atoms with van der Waals surface area (Å²) in [7, 11) is 1.72. The van der Waals surface area contributed by atoms with Crippen LogP contribution in [0.15, 0.2) is 24.3 Å². The average Bonchev–Trinajstić information content (AvgIpc) is 2.84. The van der Waals surface area contributed by atoms with Crippen molar-refractivity contribution >= 4 is 0 Å². The smallest absolute Gasteiger partial charge is 0.119 e. The van der Waals surface area contributed by atoms with Crippen LogP contribution >= 0.6 is 0 Å². The third-order valence-electron chi connectivity index (χ3n) is 3.50. The number of benzene rings is 1. The van der Waals surface area contributed by atoms with Crippen molar-refractivity contribution in [3.05, 3.63) is 29.8 Å². The normalized spacial score (nSPS) is 20.2. The van der Waals surface area contributed by atoms with Crippen LogP contribution < -0.4 is 10.1 Å². The van der Waals surface area contributed by atoms with Crippen LogP contribution in [-0.2, 0) is 6.54 Å². The van der Waals surface area contributed by atoms with E-state index in [2.05, 4.69) is 35.3 Å². The topological polar surface area (TPSA) is 24.5 Å². The van der Waals surface area contributed by atoms with E-state index in [0.29, 0.717) is 6.04 Å². The fourth-order valence-corrected chi connectivity index (χ4v) is 2.52. The zero-order chi connectivity index (χ0) is 12.8. The molecule has 0 spiro atoms. The van der Waals surface area contributed by atoms with Gasteiger partial charge in [-0.25, -0.2) is 0 Å². The maximum Gasteiger partial charge on any atom is 0.119 e. The zero-order valence-electron chi connectivity index (χ0n) is 11.5. The van der Waals surface area contributed by atoms with E-state index in [1.165, 1.54) is 24.9 Å². The van der Waals surface area contributed by atoms with E-state index >= 15 is 0 Å². The van der Waals surface area contributed by atoms with Crippen LogP contribution in [0.1, 0.15) is 25.3 Å². The summed E-state index contributed by atoms with van der Waals surface area (Å²) in [5.74, 6) is 0.951. The molecule has 0 amide bonds. The van der Waals surface area contributed by atoms with Gasteiger partial charge in [0, 0.05) is 25.7 Å². The molecule has 0 aromatic heterocycles. The van der Waals surface area contributed by atoms with Gasteiger partial charge in [0.2, 0.25) is 0 Å². The minimum absolute atomic E-state index is 0.676. The van der Waals surface area contributed by atoms with Gasteiger partial charge < -0.3 is 10.1 Å². The lowest BCUT2D eigenvalue weighted by Gasteiger charge is -2.17. The predicted molar refractivity (Wildman–Crippen MR) is 75.0 cm³/mol. The van der Waals surface area contributed by atoms with Crippen molar-refractivity contribution in [3.8, 4) is 5.75 Å².